The van der Waals surface area contributed by atoms with Crippen LogP contribution in [0.5, 0.6) is 0 Å². The lowest BCUT2D eigenvalue weighted by Gasteiger charge is -2.09. The smallest absolute Gasteiger partial charge is 0.118 e. The summed E-state index contributed by atoms with van der Waals surface area (Å²) in [5, 5.41) is 0. The molecule has 0 aliphatic rings. The molecule has 0 aliphatic heterocycles. The predicted molar refractivity (Wildman–Crippen MR) is 82.0 cm³/mol. The Labute approximate surface area is 115 Å². The standard InChI is InChI=1S/C18H20O/c1-13(2)17-6-5-7-18(12-17)16-10-8-15(9-11-16)14(3)19-4/h5-13H,3H2,1-2,4H3. The van der Waals surface area contributed by atoms with Crippen molar-refractivity contribution in [1.29, 1.82) is 0 Å². The molecule has 0 bridgehead atoms. The highest BCUT2D eigenvalue weighted by Crippen LogP contribution is 2.25. The lowest BCUT2D eigenvalue weighted by atomic mass is 9.97. The van der Waals surface area contributed by atoms with Crippen LogP contribution in [0.1, 0.15) is 30.9 Å². The number of ether oxygens (including phenoxy) is 1. The van der Waals surface area contributed by atoms with Gasteiger partial charge in [0.15, 0.2) is 0 Å². The van der Waals surface area contributed by atoms with Crippen molar-refractivity contribution in [2.45, 2.75) is 19.8 Å². The van der Waals surface area contributed by atoms with Crippen LogP contribution in [0.15, 0.2) is 55.1 Å². The summed E-state index contributed by atoms with van der Waals surface area (Å²) in [5.41, 5.74) is 4.85. The number of hydrogen-bond acceptors (Lipinski definition) is 1. The van der Waals surface area contributed by atoms with E-state index in [1.165, 1.54) is 16.7 Å². The van der Waals surface area contributed by atoms with E-state index >= 15 is 0 Å². The lowest BCUT2D eigenvalue weighted by molar-refractivity contribution is 0.371. The maximum Gasteiger partial charge on any atom is 0.118 e. The van der Waals surface area contributed by atoms with Crippen molar-refractivity contribution in [3.05, 3.63) is 66.2 Å². The van der Waals surface area contributed by atoms with Gasteiger partial charge in [-0.05, 0) is 22.6 Å². The van der Waals surface area contributed by atoms with Crippen LogP contribution < -0.4 is 0 Å². The fourth-order valence-electron chi connectivity index (χ4n) is 2.04. The van der Waals surface area contributed by atoms with Crippen LogP contribution in [0, 0.1) is 0 Å². The summed E-state index contributed by atoms with van der Waals surface area (Å²) in [6.07, 6.45) is 0. The predicted octanol–water partition coefficient (Wildman–Crippen LogP) is 5.09. The van der Waals surface area contributed by atoms with Gasteiger partial charge in [0.1, 0.15) is 5.76 Å². The molecule has 2 rings (SSSR count). The van der Waals surface area contributed by atoms with E-state index in [-0.39, 0.29) is 0 Å². The van der Waals surface area contributed by atoms with E-state index in [2.05, 4.69) is 56.8 Å². The highest BCUT2D eigenvalue weighted by molar-refractivity contribution is 5.68. The Kier molecular flexibility index (Phi) is 4.06. The maximum atomic E-state index is 5.14. The molecule has 0 aliphatic carbocycles. The van der Waals surface area contributed by atoms with Crippen LogP contribution in [0.25, 0.3) is 16.9 Å². The molecule has 0 spiro atoms. The zero-order valence-electron chi connectivity index (χ0n) is 11.8. The van der Waals surface area contributed by atoms with Gasteiger partial charge in [0.05, 0.1) is 7.11 Å². The first-order valence-corrected chi connectivity index (χ1v) is 6.55. The van der Waals surface area contributed by atoms with Crippen molar-refractivity contribution in [2.75, 3.05) is 7.11 Å². The summed E-state index contributed by atoms with van der Waals surface area (Å²) < 4.78 is 5.14. The van der Waals surface area contributed by atoms with E-state index < -0.39 is 0 Å². The molecule has 0 N–H and O–H groups in total. The van der Waals surface area contributed by atoms with Gasteiger partial charge in [-0.3, -0.25) is 0 Å². The van der Waals surface area contributed by atoms with Crippen LogP contribution in [-0.2, 0) is 4.74 Å². The van der Waals surface area contributed by atoms with Crippen LogP contribution in [0.2, 0.25) is 0 Å². The summed E-state index contributed by atoms with van der Waals surface area (Å²) in [6, 6.07) is 17.0. The molecular weight excluding hydrogens is 232 g/mol. The van der Waals surface area contributed by atoms with Crippen molar-refractivity contribution in [3.8, 4) is 11.1 Å². The summed E-state index contributed by atoms with van der Waals surface area (Å²) in [6.45, 7) is 8.29. The maximum absolute atomic E-state index is 5.14. The largest absolute Gasteiger partial charge is 0.497 e. The van der Waals surface area contributed by atoms with Gasteiger partial charge in [0.25, 0.3) is 0 Å². The number of methoxy groups -OCH3 is 1. The third kappa shape index (κ3) is 3.05. The molecule has 0 atom stereocenters. The molecular formula is C18H20O. The minimum Gasteiger partial charge on any atom is -0.497 e. The number of rotatable bonds is 4. The van der Waals surface area contributed by atoms with Gasteiger partial charge in [0, 0.05) is 5.56 Å². The van der Waals surface area contributed by atoms with Crippen molar-refractivity contribution >= 4 is 5.76 Å². The van der Waals surface area contributed by atoms with Gasteiger partial charge < -0.3 is 4.74 Å². The van der Waals surface area contributed by atoms with Gasteiger partial charge in [-0.25, -0.2) is 0 Å². The second-order valence-electron chi connectivity index (χ2n) is 4.98. The summed E-state index contributed by atoms with van der Waals surface area (Å²) in [4.78, 5) is 0. The average Bonchev–Trinajstić information content (AvgIpc) is 2.46. The molecule has 19 heavy (non-hydrogen) atoms. The van der Waals surface area contributed by atoms with E-state index in [1.807, 2.05) is 12.1 Å². The molecule has 0 saturated heterocycles. The molecule has 0 aromatic heterocycles. The monoisotopic (exact) mass is 252 g/mol. The van der Waals surface area contributed by atoms with Crippen LogP contribution in [0.3, 0.4) is 0 Å². The van der Waals surface area contributed by atoms with Crippen molar-refractivity contribution < 1.29 is 4.74 Å². The third-order valence-corrected chi connectivity index (χ3v) is 3.34. The molecule has 0 fully saturated rings. The van der Waals surface area contributed by atoms with Crippen LogP contribution in [0.4, 0.5) is 0 Å². The zero-order valence-corrected chi connectivity index (χ0v) is 11.8. The highest BCUT2D eigenvalue weighted by atomic mass is 16.5. The molecule has 0 unspecified atom stereocenters. The van der Waals surface area contributed by atoms with E-state index in [1.54, 1.807) is 7.11 Å². The zero-order chi connectivity index (χ0) is 13.8. The first kappa shape index (κ1) is 13.4. The second-order valence-corrected chi connectivity index (χ2v) is 4.98. The van der Waals surface area contributed by atoms with Crippen LogP contribution >= 0.6 is 0 Å². The Balaban J connectivity index is 2.32. The average molecular weight is 252 g/mol. The van der Waals surface area contributed by atoms with E-state index in [9.17, 15) is 0 Å². The molecule has 0 radical (unpaired) electrons. The fraction of sp³-hybridized carbons (Fsp3) is 0.222. The molecule has 0 heterocycles. The van der Waals surface area contributed by atoms with E-state index in [4.69, 9.17) is 4.74 Å². The highest BCUT2D eigenvalue weighted by Gasteiger charge is 2.03. The minimum absolute atomic E-state index is 0.549. The molecule has 0 saturated carbocycles. The van der Waals surface area contributed by atoms with Gasteiger partial charge in [-0.1, -0.05) is 69.0 Å². The molecule has 0 amide bonds. The van der Waals surface area contributed by atoms with Crippen LogP contribution in [-0.4, -0.2) is 7.11 Å². The lowest BCUT2D eigenvalue weighted by Crippen LogP contribution is -1.89. The molecule has 2 aromatic rings. The Morgan fingerprint density at radius 2 is 1.68 bits per heavy atom. The minimum atomic E-state index is 0.549. The molecule has 1 nitrogen and oxygen atoms in total. The van der Waals surface area contributed by atoms with Crippen molar-refractivity contribution in [2.24, 2.45) is 0 Å². The number of hydrogen-bond donors (Lipinski definition) is 0. The van der Waals surface area contributed by atoms with Crippen molar-refractivity contribution in [3.63, 3.8) is 0 Å². The number of benzene rings is 2. The summed E-state index contributed by atoms with van der Waals surface area (Å²) >= 11 is 0. The SMILES string of the molecule is C=C(OC)c1ccc(-c2cccc(C(C)C)c2)cc1. The molecule has 1 heteroatoms. The van der Waals surface area contributed by atoms with Gasteiger partial charge in [-0.15, -0.1) is 0 Å². The summed E-state index contributed by atoms with van der Waals surface area (Å²) in [7, 11) is 1.64. The fourth-order valence-corrected chi connectivity index (χ4v) is 2.04. The first-order valence-electron chi connectivity index (χ1n) is 6.55. The Bertz CT molecular complexity index is 564. The Hall–Kier alpha value is -2.02. The third-order valence-electron chi connectivity index (χ3n) is 3.34. The van der Waals surface area contributed by atoms with E-state index in [0.717, 1.165) is 5.56 Å². The van der Waals surface area contributed by atoms with Gasteiger partial charge >= 0.3 is 0 Å². The van der Waals surface area contributed by atoms with E-state index in [0.29, 0.717) is 11.7 Å². The first-order chi connectivity index (χ1) is 9.11. The molecule has 2 aromatic carbocycles. The van der Waals surface area contributed by atoms with Gasteiger partial charge in [0.2, 0.25) is 0 Å². The van der Waals surface area contributed by atoms with Gasteiger partial charge in [-0.2, -0.15) is 0 Å². The molecule has 98 valence electrons. The second kappa shape index (κ2) is 5.75. The normalized spacial score (nSPS) is 10.5. The van der Waals surface area contributed by atoms with Crippen molar-refractivity contribution in [1.82, 2.24) is 0 Å². The Morgan fingerprint density at radius 1 is 1.00 bits per heavy atom. The quantitative estimate of drug-likeness (QED) is 0.688. The Morgan fingerprint density at radius 3 is 2.26 bits per heavy atom. The topological polar surface area (TPSA) is 9.23 Å². The summed E-state index contributed by atoms with van der Waals surface area (Å²) in [5.74, 6) is 1.25.